The molecule has 0 aliphatic carbocycles. The van der Waals surface area contributed by atoms with Gasteiger partial charge in [0.05, 0.1) is 18.9 Å². The highest BCUT2D eigenvalue weighted by molar-refractivity contribution is 6.37. The summed E-state index contributed by atoms with van der Waals surface area (Å²) in [6.07, 6.45) is 0. The highest BCUT2D eigenvalue weighted by Crippen LogP contribution is 2.13. The van der Waals surface area contributed by atoms with Crippen LogP contribution in [0.3, 0.4) is 0 Å². The van der Waals surface area contributed by atoms with Crippen LogP contribution in [0.5, 0.6) is 0 Å². The van der Waals surface area contributed by atoms with Crippen LogP contribution in [0.1, 0.15) is 12.5 Å². The summed E-state index contributed by atoms with van der Waals surface area (Å²) in [7, 11) is 0. The Hall–Kier alpha value is -1.88. The number of nitrogens with zero attached hydrogens (tertiary/aromatic N) is 2. The SMILES string of the molecule is CC(=O)C(=NNc1ccccc1C)N1CCOCC1. The standard InChI is InChI=1S/C14H19N3O2/c1-11-5-3-4-6-13(11)15-16-14(12(2)18)17-7-9-19-10-8-17/h3-6,15H,7-10H2,1-2H3. The third-order valence-corrected chi connectivity index (χ3v) is 3.05. The Bertz CT molecular complexity index is 479. The van der Waals surface area contributed by atoms with E-state index in [4.69, 9.17) is 4.74 Å². The molecule has 1 fully saturated rings. The van der Waals surface area contributed by atoms with Crippen molar-refractivity contribution in [1.82, 2.24) is 4.90 Å². The summed E-state index contributed by atoms with van der Waals surface area (Å²) in [6.45, 7) is 6.21. The molecule has 0 aromatic heterocycles. The van der Waals surface area contributed by atoms with E-state index in [1.54, 1.807) is 0 Å². The zero-order valence-corrected chi connectivity index (χ0v) is 11.3. The fraction of sp³-hybridized carbons (Fsp3) is 0.429. The van der Waals surface area contributed by atoms with Crippen molar-refractivity contribution >= 4 is 17.3 Å². The molecule has 1 aromatic carbocycles. The normalized spacial score (nSPS) is 16.3. The third kappa shape index (κ3) is 3.54. The first-order chi connectivity index (χ1) is 9.18. The lowest BCUT2D eigenvalue weighted by molar-refractivity contribution is -0.112. The summed E-state index contributed by atoms with van der Waals surface area (Å²) < 4.78 is 5.28. The van der Waals surface area contributed by atoms with Crippen molar-refractivity contribution in [1.29, 1.82) is 0 Å². The molecule has 0 spiro atoms. The highest BCUT2D eigenvalue weighted by atomic mass is 16.5. The summed E-state index contributed by atoms with van der Waals surface area (Å²) in [6, 6.07) is 7.85. The number of hydrogen-bond acceptors (Lipinski definition) is 4. The van der Waals surface area contributed by atoms with E-state index in [1.165, 1.54) is 6.92 Å². The number of aryl methyl sites for hydroxylation is 1. The van der Waals surface area contributed by atoms with Crippen LogP contribution >= 0.6 is 0 Å². The number of morpholine rings is 1. The second-order valence-corrected chi connectivity index (χ2v) is 4.52. The van der Waals surface area contributed by atoms with Gasteiger partial charge in [-0.15, -0.1) is 0 Å². The van der Waals surface area contributed by atoms with Crippen molar-refractivity contribution in [3.05, 3.63) is 29.8 Å². The van der Waals surface area contributed by atoms with E-state index in [0.717, 1.165) is 11.3 Å². The second-order valence-electron chi connectivity index (χ2n) is 4.52. The number of anilines is 1. The van der Waals surface area contributed by atoms with Crippen molar-refractivity contribution in [2.45, 2.75) is 13.8 Å². The van der Waals surface area contributed by atoms with Crippen LogP contribution in [0.2, 0.25) is 0 Å². The minimum absolute atomic E-state index is 0.0389. The number of hydrogen-bond donors (Lipinski definition) is 1. The molecule has 0 radical (unpaired) electrons. The number of rotatable bonds is 3. The maximum absolute atomic E-state index is 11.7. The van der Waals surface area contributed by atoms with Gasteiger partial charge in [-0.05, 0) is 18.6 Å². The van der Waals surface area contributed by atoms with Crippen LogP contribution in [-0.2, 0) is 9.53 Å². The molecule has 1 saturated heterocycles. The summed E-state index contributed by atoms with van der Waals surface area (Å²) in [5, 5.41) is 4.27. The lowest BCUT2D eigenvalue weighted by Gasteiger charge is -2.28. The van der Waals surface area contributed by atoms with E-state index in [-0.39, 0.29) is 5.78 Å². The minimum Gasteiger partial charge on any atom is -0.378 e. The molecule has 102 valence electrons. The largest absolute Gasteiger partial charge is 0.378 e. The molecule has 1 aliphatic heterocycles. The number of amidine groups is 1. The lowest BCUT2D eigenvalue weighted by Crippen LogP contribution is -2.44. The Morgan fingerprint density at radius 2 is 2.00 bits per heavy atom. The Kier molecular flexibility index (Phi) is 4.52. The molecule has 0 saturated carbocycles. The van der Waals surface area contributed by atoms with Gasteiger partial charge in [0.15, 0.2) is 11.6 Å². The first-order valence-corrected chi connectivity index (χ1v) is 6.41. The van der Waals surface area contributed by atoms with Gasteiger partial charge in [0, 0.05) is 20.0 Å². The predicted molar refractivity (Wildman–Crippen MR) is 75.3 cm³/mol. The van der Waals surface area contributed by atoms with Crippen LogP contribution in [-0.4, -0.2) is 42.8 Å². The van der Waals surface area contributed by atoms with Gasteiger partial charge in [0.25, 0.3) is 0 Å². The van der Waals surface area contributed by atoms with E-state index in [2.05, 4.69) is 10.5 Å². The number of para-hydroxylation sites is 1. The van der Waals surface area contributed by atoms with Crippen LogP contribution in [0.25, 0.3) is 0 Å². The van der Waals surface area contributed by atoms with Crippen molar-refractivity contribution in [3.8, 4) is 0 Å². The molecular weight excluding hydrogens is 242 g/mol. The summed E-state index contributed by atoms with van der Waals surface area (Å²) in [5.41, 5.74) is 4.98. The van der Waals surface area contributed by atoms with Crippen LogP contribution in [0, 0.1) is 6.92 Å². The summed E-state index contributed by atoms with van der Waals surface area (Å²) in [5.74, 6) is 0.425. The third-order valence-electron chi connectivity index (χ3n) is 3.05. The average molecular weight is 261 g/mol. The molecule has 19 heavy (non-hydrogen) atoms. The van der Waals surface area contributed by atoms with Crippen LogP contribution < -0.4 is 5.43 Å². The molecule has 5 heteroatoms. The zero-order chi connectivity index (χ0) is 13.7. The number of hydrazone groups is 1. The van der Waals surface area contributed by atoms with Gasteiger partial charge in [-0.1, -0.05) is 18.2 Å². The van der Waals surface area contributed by atoms with Crippen molar-refractivity contribution < 1.29 is 9.53 Å². The highest BCUT2D eigenvalue weighted by Gasteiger charge is 2.18. The maximum Gasteiger partial charge on any atom is 0.196 e. The number of ketones is 1. The molecule has 1 aliphatic rings. The van der Waals surface area contributed by atoms with Gasteiger partial charge in [-0.3, -0.25) is 10.2 Å². The lowest BCUT2D eigenvalue weighted by atomic mass is 10.2. The van der Waals surface area contributed by atoms with Crippen molar-refractivity contribution in [2.24, 2.45) is 5.10 Å². The van der Waals surface area contributed by atoms with E-state index in [1.807, 2.05) is 36.1 Å². The number of carbonyl (C=O) groups excluding carboxylic acids is 1. The Morgan fingerprint density at radius 1 is 1.32 bits per heavy atom. The molecule has 1 N–H and O–H groups in total. The number of ether oxygens (including phenoxy) is 1. The monoisotopic (exact) mass is 261 g/mol. The minimum atomic E-state index is -0.0389. The molecule has 0 atom stereocenters. The van der Waals surface area contributed by atoms with Gasteiger partial charge in [-0.25, -0.2) is 0 Å². The predicted octanol–water partition coefficient (Wildman–Crippen LogP) is 1.64. The molecule has 2 rings (SSSR count). The van der Waals surface area contributed by atoms with Gasteiger partial charge in [0.2, 0.25) is 0 Å². The van der Waals surface area contributed by atoms with E-state index >= 15 is 0 Å². The second kappa shape index (κ2) is 6.33. The van der Waals surface area contributed by atoms with E-state index < -0.39 is 0 Å². The summed E-state index contributed by atoms with van der Waals surface area (Å²) in [4.78, 5) is 13.7. The fourth-order valence-corrected chi connectivity index (χ4v) is 1.96. The Balaban J connectivity index is 2.12. The summed E-state index contributed by atoms with van der Waals surface area (Å²) >= 11 is 0. The molecule has 1 aromatic rings. The quantitative estimate of drug-likeness (QED) is 0.510. The smallest absolute Gasteiger partial charge is 0.196 e. The van der Waals surface area contributed by atoms with Crippen molar-refractivity contribution in [2.75, 3.05) is 31.7 Å². The van der Waals surface area contributed by atoms with Crippen molar-refractivity contribution in [3.63, 3.8) is 0 Å². The first kappa shape index (κ1) is 13.5. The van der Waals surface area contributed by atoms with E-state index in [9.17, 15) is 4.79 Å². The van der Waals surface area contributed by atoms with Gasteiger partial charge in [0.1, 0.15) is 0 Å². The molecule has 0 amide bonds. The molecule has 5 nitrogen and oxygen atoms in total. The topological polar surface area (TPSA) is 53.9 Å². The fourth-order valence-electron chi connectivity index (χ4n) is 1.96. The number of Topliss-reactive ketones (excluding diaryl/α,β-unsaturated/α-hetero) is 1. The zero-order valence-electron chi connectivity index (χ0n) is 11.3. The molecular formula is C14H19N3O2. The Labute approximate surface area is 113 Å². The first-order valence-electron chi connectivity index (χ1n) is 6.41. The maximum atomic E-state index is 11.7. The van der Waals surface area contributed by atoms with Gasteiger partial charge >= 0.3 is 0 Å². The Morgan fingerprint density at radius 3 is 2.63 bits per heavy atom. The van der Waals surface area contributed by atoms with Crippen LogP contribution in [0.4, 0.5) is 5.69 Å². The van der Waals surface area contributed by atoms with E-state index in [0.29, 0.717) is 32.1 Å². The molecule has 0 bridgehead atoms. The number of carbonyl (C=O) groups is 1. The molecule has 0 unspecified atom stereocenters. The number of benzene rings is 1. The average Bonchev–Trinajstić information content (AvgIpc) is 2.42. The van der Waals surface area contributed by atoms with Gasteiger partial charge in [-0.2, -0.15) is 5.10 Å². The van der Waals surface area contributed by atoms with Crippen LogP contribution in [0.15, 0.2) is 29.4 Å². The van der Waals surface area contributed by atoms with Gasteiger partial charge < -0.3 is 9.64 Å². The number of nitrogens with one attached hydrogen (secondary N) is 1. The molecule has 1 heterocycles.